The zero-order valence-electron chi connectivity index (χ0n) is 12.4. The molecule has 3 rings (SSSR count). The van der Waals surface area contributed by atoms with Gasteiger partial charge < -0.3 is 13.9 Å². The maximum absolute atomic E-state index is 5.35. The van der Waals surface area contributed by atoms with E-state index in [1.165, 1.54) is 0 Å². The Morgan fingerprint density at radius 3 is 2.81 bits per heavy atom. The van der Waals surface area contributed by atoms with Crippen LogP contribution in [0.3, 0.4) is 0 Å². The summed E-state index contributed by atoms with van der Waals surface area (Å²) in [6, 6.07) is 0. The van der Waals surface area contributed by atoms with E-state index in [4.69, 9.17) is 13.9 Å². The molecule has 0 amide bonds. The van der Waals surface area contributed by atoms with Crippen LogP contribution < -0.4 is 0 Å². The van der Waals surface area contributed by atoms with Crippen molar-refractivity contribution in [1.82, 2.24) is 20.4 Å². The molecule has 0 aliphatic carbocycles. The highest BCUT2D eigenvalue weighted by atomic mass is 16.7. The first-order valence-electron chi connectivity index (χ1n) is 7.25. The molecule has 114 valence electrons. The zero-order valence-corrected chi connectivity index (χ0v) is 12.4. The predicted molar refractivity (Wildman–Crippen MR) is 73.4 cm³/mol. The highest BCUT2D eigenvalue weighted by Gasteiger charge is 2.21. The van der Waals surface area contributed by atoms with Gasteiger partial charge in [0.1, 0.15) is 6.26 Å². The molecule has 2 aromatic heterocycles. The van der Waals surface area contributed by atoms with E-state index in [9.17, 15) is 0 Å². The maximum Gasteiger partial charge on any atom is 0.226 e. The van der Waals surface area contributed by atoms with Crippen LogP contribution in [0.5, 0.6) is 0 Å². The molecule has 3 heterocycles. The van der Waals surface area contributed by atoms with Crippen molar-refractivity contribution in [3.8, 4) is 0 Å². The van der Waals surface area contributed by atoms with Gasteiger partial charge in [-0.15, -0.1) is 0 Å². The molecule has 0 unspecified atom stereocenters. The van der Waals surface area contributed by atoms with Gasteiger partial charge in [0, 0.05) is 31.5 Å². The number of nitrogens with zero attached hydrogens (tertiary/aromatic N) is 4. The molecule has 7 nitrogen and oxygen atoms in total. The molecule has 21 heavy (non-hydrogen) atoms. The van der Waals surface area contributed by atoms with Crippen molar-refractivity contribution >= 4 is 0 Å². The third-order valence-corrected chi connectivity index (χ3v) is 4.00. The molecule has 1 fully saturated rings. The van der Waals surface area contributed by atoms with Gasteiger partial charge in [-0.05, 0) is 25.7 Å². The first kappa shape index (κ1) is 14.2. The summed E-state index contributed by atoms with van der Waals surface area (Å²) >= 11 is 0. The number of hydrogen-bond donors (Lipinski definition) is 0. The van der Waals surface area contributed by atoms with E-state index in [0.717, 1.165) is 49.5 Å². The second-order valence-electron chi connectivity index (χ2n) is 5.47. The summed E-state index contributed by atoms with van der Waals surface area (Å²) in [5.41, 5.74) is 1.86. The molecule has 0 atom stereocenters. The molecule has 0 radical (unpaired) electrons. The predicted octanol–water partition coefficient (Wildman–Crippen LogP) is 1.77. The normalized spacial score (nSPS) is 17.4. The molecule has 0 spiro atoms. The van der Waals surface area contributed by atoms with E-state index < -0.39 is 0 Å². The van der Waals surface area contributed by atoms with Crippen LogP contribution >= 0.6 is 0 Å². The minimum absolute atomic E-state index is 0.585. The molecule has 0 aromatic carbocycles. The lowest BCUT2D eigenvalue weighted by molar-refractivity contribution is -0.148. The Morgan fingerprint density at radius 1 is 1.33 bits per heavy atom. The van der Waals surface area contributed by atoms with Crippen molar-refractivity contribution in [2.75, 3.05) is 20.2 Å². The number of hydroxylamine groups is 2. The topological polar surface area (TPSA) is 77.4 Å². The van der Waals surface area contributed by atoms with Crippen LogP contribution in [-0.4, -0.2) is 40.6 Å². The third-order valence-electron chi connectivity index (χ3n) is 4.00. The van der Waals surface area contributed by atoms with E-state index in [1.54, 1.807) is 13.4 Å². The molecule has 1 saturated heterocycles. The third kappa shape index (κ3) is 3.48. The van der Waals surface area contributed by atoms with E-state index in [1.807, 2.05) is 12.0 Å². The molecule has 2 aromatic rings. The fourth-order valence-electron chi connectivity index (χ4n) is 2.64. The minimum atomic E-state index is 0.585. The quantitative estimate of drug-likeness (QED) is 0.831. The summed E-state index contributed by atoms with van der Waals surface area (Å²) < 4.78 is 10.3. The van der Waals surface area contributed by atoms with Gasteiger partial charge in [-0.1, -0.05) is 10.3 Å². The summed E-state index contributed by atoms with van der Waals surface area (Å²) in [6.45, 7) is 3.83. The first-order chi connectivity index (χ1) is 10.2. The molecule has 0 bridgehead atoms. The van der Waals surface area contributed by atoms with Crippen molar-refractivity contribution in [1.29, 1.82) is 0 Å². The molecular formula is C14H20N4O3. The summed E-state index contributed by atoms with van der Waals surface area (Å²) in [6.07, 6.45) is 5.26. The molecule has 0 saturated carbocycles. The Morgan fingerprint density at radius 2 is 2.14 bits per heavy atom. The van der Waals surface area contributed by atoms with Gasteiger partial charge >= 0.3 is 0 Å². The average molecular weight is 292 g/mol. The van der Waals surface area contributed by atoms with Crippen LogP contribution in [0.15, 0.2) is 15.3 Å². The van der Waals surface area contributed by atoms with Crippen LogP contribution in [0.4, 0.5) is 0 Å². The highest BCUT2D eigenvalue weighted by Crippen LogP contribution is 2.21. The van der Waals surface area contributed by atoms with Crippen molar-refractivity contribution in [3.63, 3.8) is 0 Å². The Labute approximate surface area is 123 Å². The summed E-state index contributed by atoms with van der Waals surface area (Å²) in [5, 5.41) is 9.88. The van der Waals surface area contributed by atoms with Crippen molar-refractivity contribution in [3.05, 3.63) is 29.2 Å². The summed E-state index contributed by atoms with van der Waals surface area (Å²) in [7, 11) is 1.72. The smallest absolute Gasteiger partial charge is 0.226 e. The van der Waals surface area contributed by atoms with Gasteiger partial charge in [0.25, 0.3) is 0 Å². The van der Waals surface area contributed by atoms with Gasteiger partial charge in [0.15, 0.2) is 5.82 Å². The lowest BCUT2D eigenvalue weighted by Crippen LogP contribution is -2.33. The summed E-state index contributed by atoms with van der Waals surface area (Å²) in [5.74, 6) is 1.99. The van der Waals surface area contributed by atoms with Crippen molar-refractivity contribution in [2.45, 2.75) is 32.6 Å². The Bertz CT molecular complexity index is 572. The fourth-order valence-corrected chi connectivity index (χ4v) is 2.64. The first-order valence-corrected chi connectivity index (χ1v) is 7.25. The van der Waals surface area contributed by atoms with E-state index in [0.29, 0.717) is 18.2 Å². The number of rotatable bonds is 5. The molecule has 1 aliphatic heterocycles. The van der Waals surface area contributed by atoms with Gasteiger partial charge in [0.05, 0.1) is 12.8 Å². The van der Waals surface area contributed by atoms with Crippen LogP contribution in [0.2, 0.25) is 0 Å². The van der Waals surface area contributed by atoms with E-state index >= 15 is 0 Å². The fraction of sp³-hybridized carbons (Fsp3) is 0.643. The maximum atomic E-state index is 5.35. The van der Waals surface area contributed by atoms with E-state index in [2.05, 4.69) is 15.3 Å². The minimum Gasteiger partial charge on any atom is -0.364 e. The van der Waals surface area contributed by atoms with Gasteiger partial charge in [-0.2, -0.15) is 10.0 Å². The van der Waals surface area contributed by atoms with Crippen molar-refractivity contribution in [2.24, 2.45) is 5.92 Å². The Kier molecular flexibility index (Phi) is 4.31. The lowest BCUT2D eigenvalue weighted by Gasteiger charge is -2.29. The Balaban J connectivity index is 1.55. The SMILES string of the molecule is CON1CCC(Cc2nc(Cc3conc3C)no2)CC1. The highest BCUT2D eigenvalue weighted by molar-refractivity contribution is 5.17. The molecule has 1 aliphatic rings. The van der Waals surface area contributed by atoms with Crippen molar-refractivity contribution < 1.29 is 13.9 Å². The van der Waals surface area contributed by atoms with Crippen LogP contribution in [0.25, 0.3) is 0 Å². The molecule has 0 N–H and O–H groups in total. The average Bonchev–Trinajstić information content (AvgIpc) is 3.10. The van der Waals surface area contributed by atoms with E-state index in [-0.39, 0.29) is 0 Å². The largest absolute Gasteiger partial charge is 0.364 e. The number of aromatic nitrogens is 3. The number of piperidine rings is 1. The Hall–Kier alpha value is -1.73. The van der Waals surface area contributed by atoms with Gasteiger partial charge in [-0.25, -0.2) is 0 Å². The van der Waals surface area contributed by atoms with Crippen LogP contribution in [0.1, 0.15) is 35.8 Å². The molecular weight excluding hydrogens is 272 g/mol. The summed E-state index contributed by atoms with van der Waals surface area (Å²) in [4.78, 5) is 9.70. The number of aryl methyl sites for hydroxylation is 1. The van der Waals surface area contributed by atoms with Gasteiger partial charge in [-0.3, -0.25) is 0 Å². The second-order valence-corrected chi connectivity index (χ2v) is 5.47. The lowest BCUT2D eigenvalue weighted by atomic mass is 9.94. The zero-order chi connectivity index (χ0) is 14.7. The van der Waals surface area contributed by atoms with Crippen LogP contribution in [-0.2, 0) is 17.7 Å². The second kappa shape index (κ2) is 6.36. The monoisotopic (exact) mass is 292 g/mol. The van der Waals surface area contributed by atoms with Crippen LogP contribution in [0, 0.1) is 12.8 Å². The number of hydrogen-bond acceptors (Lipinski definition) is 7. The standard InChI is InChI=1S/C14H20N4O3/c1-10-12(9-20-16-10)8-13-15-14(21-17-13)7-11-3-5-18(19-2)6-4-11/h9,11H,3-8H2,1-2H3. The molecule has 7 heteroatoms. The van der Waals surface area contributed by atoms with Gasteiger partial charge in [0.2, 0.25) is 5.89 Å².